The van der Waals surface area contributed by atoms with Gasteiger partial charge in [-0.2, -0.15) is 0 Å². The van der Waals surface area contributed by atoms with E-state index in [-0.39, 0.29) is 17.3 Å². The van der Waals surface area contributed by atoms with Crippen LogP contribution in [0.25, 0.3) is 0 Å². The highest BCUT2D eigenvalue weighted by atomic mass is 32.2. The van der Waals surface area contributed by atoms with Gasteiger partial charge in [-0.25, -0.2) is 13.1 Å². The number of nitrogens with one attached hydrogen (secondary N) is 2. The molecule has 3 aromatic rings. The number of carbonyl (C=O) groups excluding carboxylic acids is 1. The maximum Gasteiger partial charge on any atom is 0.255 e. The van der Waals surface area contributed by atoms with Gasteiger partial charge in [0.05, 0.1) is 17.7 Å². The standard InChI is InChI=1S/C20H20N2O4S/c1-14-9-15(2)11-16(10-14)20(23)22-17-5-3-7-19(12-17)27(24,25)21-13-18-6-4-8-26-18/h3-12,21H,13H2,1-2H3,(H,22,23). The van der Waals surface area contributed by atoms with E-state index in [9.17, 15) is 13.2 Å². The smallest absolute Gasteiger partial charge is 0.255 e. The summed E-state index contributed by atoms with van der Waals surface area (Å²) in [6.07, 6.45) is 1.48. The maximum atomic E-state index is 12.5. The predicted molar refractivity (Wildman–Crippen MR) is 103 cm³/mol. The Balaban J connectivity index is 1.75. The molecular formula is C20H20N2O4S. The second kappa shape index (κ2) is 7.77. The Morgan fingerprint density at radius 2 is 1.74 bits per heavy atom. The van der Waals surface area contributed by atoms with Crippen LogP contribution in [0.1, 0.15) is 27.2 Å². The van der Waals surface area contributed by atoms with E-state index >= 15 is 0 Å². The minimum Gasteiger partial charge on any atom is -0.468 e. The Bertz CT molecular complexity index is 1040. The molecule has 0 unspecified atom stereocenters. The van der Waals surface area contributed by atoms with Crippen molar-refractivity contribution in [3.05, 3.63) is 83.3 Å². The summed E-state index contributed by atoms with van der Waals surface area (Å²) in [6.45, 7) is 3.89. The molecule has 0 saturated carbocycles. The molecule has 0 fully saturated rings. The zero-order valence-corrected chi connectivity index (χ0v) is 15.8. The topological polar surface area (TPSA) is 88.4 Å². The molecule has 6 nitrogen and oxygen atoms in total. The van der Waals surface area contributed by atoms with Gasteiger partial charge >= 0.3 is 0 Å². The summed E-state index contributed by atoms with van der Waals surface area (Å²) in [5.74, 6) is 0.220. The molecule has 2 N–H and O–H groups in total. The highest BCUT2D eigenvalue weighted by Crippen LogP contribution is 2.18. The van der Waals surface area contributed by atoms with Gasteiger partial charge in [-0.1, -0.05) is 23.3 Å². The van der Waals surface area contributed by atoms with Crippen molar-refractivity contribution in [3.8, 4) is 0 Å². The number of rotatable bonds is 6. The summed E-state index contributed by atoms with van der Waals surface area (Å²) >= 11 is 0. The first-order valence-corrected chi connectivity index (χ1v) is 9.83. The van der Waals surface area contributed by atoms with Crippen LogP contribution >= 0.6 is 0 Å². The third-order valence-electron chi connectivity index (χ3n) is 3.90. The van der Waals surface area contributed by atoms with Crippen LogP contribution in [-0.2, 0) is 16.6 Å². The lowest BCUT2D eigenvalue weighted by Gasteiger charge is -2.10. The number of furan rings is 1. The van der Waals surface area contributed by atoms with E-state index in [1.165, 1.54) is 18.4 Å². The van der Waals surface area contributed by atoms with Crippen LogP contribution in [0.5, 0.6) is 0 Å². The van der Waals surface area contributed by atoms with Crippen LogP contribution in [0.4, 0.5) is 5.69 Å². The second-order valence-corrected chi connectivity index (χ2v) is 8.03. The molecule has 0 aliphatic carbocycles. The van der Waals surface area contributed by atoms with E-state index < -0.39 is 10.0 Å². The number of hydrogen-bond donors (Lipinski definition) is 2. The number of sulfonamides is 1. The first kappa shape index (κ1) is 18.9. The molecular weight excluding hydrogens is 364 g/mol. The number of carbonyl (C=O) groups is 1. The van der Waals surface area contributed by atoms with Gasteiger partial charge in [-0.15, -0.1) is 0 Å². The molecule has 0 radical (unpaired) electrons. The van der Waals surface area contributed by atoms with Gasteiger partial charge < -0.3 is 9.73 Å². The Morgan fingerprint density at radius 1 is 1.00 bits per heavy atom. The largest absolute Gasteiger partial charge is 0.468 e. The lowest BCUT2D eigenvalue weighted by atomic mass is 10.1. The number of amides is 1. The third-order valence-corrected chi connectivity index (χ3v) is 5.30. The highest BCUT2D eigenvalue weighted by Gasteiger charge is 2.16. The minimum absolute atomic E-state index is 0.0501. The lowest BCUT2D eigenvalue weighted by molar-refractivity contribution is 0.102. The SMILES string of the molecule is Cc1cc(C)cc(C(=O)Nc2cccc(S(=O)(=O)NCc3ccco3)c2)c1. The Hall–Kier alpha value is -2.90. The molecule has 27 heavy (non-hydrogen) atoms. The molecule has 0 aliphatic heterocycles. The van der Waals surface area contributed by atoms with Crippen molar-refractivity contribution in [2.75, 3.05) is 5.32 Å². The third kappa shape index (κ3) is 4.84. The fourth-order valence-corrected chi connectivity index (χ4v) is 3.75. The molecule has 1 heterocycles. The number of anilines is 1. The van der Waals surface area contributed by atoms with Crippen molar-refractivity contribution in [2.45, 2.75) is 25.3 Å². The monoisotopic (exact) mass is 384 g/mol. The quantitative estimate of drug-likeness (QED) is 0.679. The summed E-state index contributed by atoms with van der Waals surface area (Å²) in [5, 5.41) is 2.75. The van der Waals surface area contributed by atoms with Crippen molar-refractivity contribution in [1.29, 1.82) is 0 Å². The van der Waals surface area contributed by atoms with Gasteiger partial charge in [0, 0.05) is 11.3 Å². The molecule has 0 bridgehead atoms. The van der Waals surface area contributed by atoms with E-state index in [1.54, 1.807) is 36.4 Å². The fraction of sp³-hybridized carbons (Fsp3) is 0.150. The zero-order chi connectivity index (χ0) is 19.4. The molecule has 0 saturated heterocycles. The number of hydrogen-bond acceptors (Lipinski definition) is 4. The summed E-state index contributed by atoms with van der Waals surface area (Å²) < 4.78 is 32.5. The lowest BCUT2D eigenvalue weighted by Crippen LogP contribution is -2.23. The Kier molecular flexibility index (Phi) is 5.43. The molecule has 0 aliphatic rings. The van der Waals surface area contributed by atoms with E-state index in [0.717, 1.165) is 11.1 Å². The molecule has 0 spiro atoms. The molecule has 140 valence electrons. The summed E-state index contributed by atoms with van der Waals surface area (Å²) in [5.41, 5.74) is 2.90. The van der Waals surface area contributed by atoms with Crippen LogP contribution in [0, 0.1) is 13.8 Å². The minimum atomic E-state index is -3.73. The van der Waals surface area contributed by atoms with Crippen molar-refractivity contribution < 1.29 is 17.6 Å². The van der Waals surface area contributed by atoms with Crippen LogP contribution in [-0.4, -0.2) is 14.3 Å². The van der Waals surface area contributed by atoms with E-state index in [0.29, 0.717) is 17.0 Å². The summed E-state index contributed by atoms with van der Waals surface area (Å²) in [4.78, 5) is 12.5. The number of benzene rings is 2. The van der Waals surface area contributed by atoms with Gasteiger partial charge in [-0.05, 0) is 56.3 Å². The van der Waals surface area contributed by atoms with Crippen molar-refractivity contribution in [2.24, 2.45) is 0 Å². The van der Waals surface area contributed by atoms with Gasteiger partial charge in [0.2, 0.25) is 10.0 Å². The predicted octanol–water partition coefficient (Wildman–Crippen LogP) is 3.63. The van der Waals surface area contributed by atoms with E-state index in [2.05, 4.69) is 10.0 Å². The van der Waals surface area contributed by atoms with Gasteiger partial charge in [-0.3, -0.25) is 4.79 Å². The summed E-state index contributed by atoms with van der Waals surface area (Å²) in [7, 11) is -3.73. The van der Waals surface area contributed by atoms with Crippen LogP contribution in [0.3, 0.4) is 0 Å². The molecule has 7 heteroatoms. The van der Waals surface area contributed by atoms with Crippen molar-refractivity contribution in [3.63, 3.8) is 0 Å². The molecule has 3 rings (SSSR count). The normalized spacial score (nSPS) is 11.3. The second-order valence-electron chi connectivity index (χ2n) is 6.26. The summed E-state index contributed by atoms with van der Waals surface area (Å²) in [6, 6.07) is 15.0. The molecule has 1 amide bonds. The van der Waals surface area contributed by atoms with Crippen LogP contribution < -0.4 is 10.0 Å². The first-order valence-electron chi connectivity index (χ1n) is 8.35. The zero-order valence-electron chi connectivity index (χ0n) is 15.0. The van der Waals surface area contributed by atoms with Gasteiger partial charge in [0.15, 0.2) is 0 Å². The molecule has 0 atom stereocenters. The van der Waals surface area contributed by atoms with E-state index in [1.807, 2.05) is 19.9 Å². The average molecular weight is 384 g/mol. The number of aryl methyl sites for hydroxylation is 2. The van der Waals surface area contributed by atoms with E-state index in [4.69, 9.17) is 4.42 Å². The molecule has 1 aromatic heterocycles. The molecule has 2 aromatic carbocycles. The Labute approximate surface area is 158 Å². The van der Waals surface area contributed by atoms with Crippen molar-refractivity contribution >= 4 is 21.6 Å². The van der Waals surface area contributed by atoms with Crippen LogP contribution in [0.2, 0.25) is 0 Å². The Morgan fingerprint density at radius 3 is 2.41 bits per heavy atom. The fourth-order valence-electron chi connectivity index (χ4n) is 2.71. The van der Waals surface area contributed by atoms with Crippen molar-refractivity contribution in [1.82, 2.24) is 4.72 Å². The first-order chi connectivity index (χ1) is 12.8. The maximum absolute atomic E-state index is 12.5. The van der Waals surface area contributed by atoms with Gasteiger partial charge in [0.25, 0.3) is 5.91 Å². The van der Waals surface area contributed by atoms with Gasteiger partial charge in [0.1, 0.15) is 5.76 Å². The average Bonchev–Trinajstić information content (AvgIpc) is 3.13. The van der Waals surface area contributed by atoms with Crippen LogP contribution in [0.15, 0.2) is 70.2 Å². The highest BCUT2D eigenvalue weighted by molar-refractivity contribution is 7.89.